The maximum absolute atomic E-state index is 12.0. The van der Waals surface area contributed by atoms with E-state index in [1.54, 1.807) is 0 Å². The summed E-state index contributed by atoms with van der Waals surface area (Å²) >= 11 is 0. The number of benzene rings is 1. The molecule has 5 nitrogen and oxygen atoms in total. The highest BCUT2D eigenvalue weighted by molar-refractivity contribution is 5.94. The van der Waals surface area contributed by atoms with Crippen molar-refractivity contribution in [3.05, 3.63) is 22.3 Å². The fraction of sp³-hybridized carbons (Fsp3) is 0.696. The Kier molecular flexibility index (Phi) is 11.7. The van der Waals surface area contributed by atoms with Gasteiger partial charge in [-0.2, -0.15) is 4.89 Å². The minimum Gasteiger partial charge on any atom is -0.504 e. The lowest BCUT2D eigenvalue weighted by Crippen LogP contribution is -2.13. The summed E-state index contributed by atoms with van der Waals surface area (Å²) in [6.45, 7) is 6.43. The van der Waals surface area contributed by atoms with Crippen molar-refractivity contribution in [1.29, 1.82) is 0 Å². The van der Waals surface area contributed by atoms with E-state index in [2.05, 4.69) is 20.8 Å². The average molecular weight is 395 g/mol. The molecule has 0 heterocycles. The lowest BCUT2D eigenvalue weighted by atomic mass is 9.86. The number of rotatable bonds is 15. The van der Waals surface area contributed by atoms with Crippen molar-refractivity contribution in [2.24, 2.45) is 0 Å². The van der Waals surface area contributed by atoms with Crippen LogP contribution in [0.3, 0.4) is 0 Å². The number of aromatic hydroxyl groups is 1. The number of aromatic carboxylic acids is 1. The first-order chi connectivity index (χ1) is 13.5. The molecule has 0 radical (unpaired) electrons. The number of carbonyl (C=O) groups is 1. The number of phenols is 1. The van der Waals surface area contributed by atoms with Gasteiger partial charge in [0.2, 0.25) is 5.75 Å². The van der Waals surface area contributed by atoms with Gasteiger partial charge < -0.3 is 15.1 Å². The molecule has 0 aromatic heterocycles. The Labute approximate surface area is 170 Å². The monoisotopic (exact) mass is 394 g/mol. The van der Waals surface area contributed by atoms with Gasteiger partial charge >= 0.3 is 5.97 Å². The van der Waals surface area contributed by atoms with E-state index in [4.69, 9.17) is 9.78 Å². The molecule has 0 aliphatic rings. The number of carboxylic acids is 1. The molecule has 0 bridgehead atoms. The van der Waals surface area contributed by atoms with Crippen LogP contribution in [-0.2, 0) is 24.2 Å². The van der Waals surface area contributed by atoms with Crippen LogP contribution in [0.2, 0.25) is 0 Å². The summed E-state index contributed by atoms with van der Waals surface area (Å²) in [5, 5.41) is 20.6. The van der Waals surface area contributed by atoms with Crippen LogP contribution in [-0.4, -0.2) is 23.3 Å². The van der Waals surface area contributed by atoms with Crippen molar-refractivity contribution in [3.63, 3.8) is 0 Å². The number of hydrogen-bond acceptors (Lipinski definition) is 4. The highest BCUT2D eigenvalue weighted by Gasteiger charge is 2.28. The van der Waals surface area contributed by atoms with E-state index >= 15 is 0 Å². The molecule has 0 saturated carbocycles. The quantitative estimate of drug-likeness (QED) is 0.209. The van der Waals surface area contributed by atoms with E-state index in [0.29, 0.717) is 6.42 Å². The maximum Gasteiger partial charge on any atom is 0.339 e. The first-order valence-electron chi connectivity index (χ1n) is 10.9. The SMILES string of the molecule is CCCCCc1c(CCCCC)c(OOC)c(O)c(C(=O)O)c1CCCCC. The summed E-state index contributed by atoms with van der Waals surface area (Å²) in [6.07, 6.45) is 11.6. The van der Waals surface area contributed by atoms with Gasteiger partial charge in [0.15, 0.2) is 5.75 Å². The van der Waals surface area contributed by atoms with Crippen LogP contribution >= 0.6 is 0 Å². The maximum atomic E-state index is 12.0. The molecule has 0 saturated heterocycles. The minimum atomic E-state index is -1.11. The molecule has 1 aromatic rings. The highest BCUT2D eigenvalue weighted by atomic mass is 17.2. The summed E-state index contributed by atoms with van der Waals surface area (Å²) in [4.78, 5) is 22.2. The van der Waals surface area contributed by atoms with Crippen molar-refractivity contribution in [2.45, 2.75) is 97.8 Å². The first-order valence-corrected chi connectivity index (χ1v) is 10.9. The standard InChI is InChI=1S/C23H38O5/c1-5-8-11-14-17-18(15-12-9-6-2)20(23(25)26)21(24)22(28-27-4)19(17)16-13-10-7-3/h24H,5-16H2,1-4H3,(H,25,26). The molecule has 1 rings (SSSR count). The molecule has 0 amide bonds. The van der Waals surface area contributed by atoms with Gasteiger partial charge in [0, 0.05) is 5.56 Å². The van der Waals surface area contributed by atoms with Crippen LogP contribution in [0.25, 0.3) is 0 Å². The zero-order chi connectivity index (χ0) is 20.9. The molecule has 0 fully saturated rings. The molecule has 1 aromatic carbocycles. The second-order valence-corrected chi connectivity index (χ2v) is 7.41. The lowest BCUT2D eigenvalue weighted by Gasteiger charge is -2.22. The molecule has 0 atom stereocenters. The molecule has 5 heteroatoms. The summed E-state index contributed by atoms with van der Waals surface area (Å²) in [5.41, 5.74) is 2.72. The Morgan fingerprint density at radius 1 is 0.786 bits per heavy atom. The summed E-state index contributed by atoms with van der Waals surface area (Å²) in [5.74, 6) is -1.23. The van der Waals surface area contributed by atoms with Crippen molar-refractivity contribution < 1.29 is 24.8 Å². The van der Waals surface area contributed by atoms with Crippen molar-refractivity contribution in [3.8, 4) is 11.5 Å². The minimum absolute atomic E-state index is 0.0195. The molecule has 0 aliphatic heterocycles. The van der Waals surface area contributed by atoms with Crippen LogP contribution in [0.15, 0.2) is 0 Å². The summed E-state index contributed by atoms with van der Waals surface area (Å²) < 4.78 is 0. The Morgan fingerprint density at radius 2 is 1.25 bits per heavy atom. The van der Waals surface area contributed by atoms with Gasteiger partial charge in [-0.1, -0.05) is 59.3 Å². The van der Waals surface area contributed by atoms with E-state index < -0.39 is 5.97 Å². The van der Waals surface area contributed by atoms with Crippen LogP contribution in [0.1, 0.15) is 106 Å². The fourth-order valence-corrected chi connectivity index (χ4v) is 3.77. The summed E-state index contributed by atoms with van der Waals surface area (Å²) in [6, 6.07) is 0. The summed E-state index contributed by atoms with van der Waals surface area (Å²) in [7, 11) is 1.38. The number of hydrogen-bond donors (Lipinski definition) is 2. The number of unbranched alkanes of at least 4 members (excludes halogenated alkanes) is 6. The molecular formula is C23H38O5. The van der Waals surface area contributed by atoms with E-state index in [1.807, 2.05) is 0 Å². The zero-order valence-electron chi connectivity index (χ0n) is 18.1. The van der Waals surface area contributed by atoms with E-state index in [1.165, 1.54) is 7.11 Å². The fourth-order valence-electron chi connectivity index (χ4n) is 3.77. The van der Waals surface area contributed by atoms with Gasteiger partial charge in [-0.25, -0.2) is 4.79 Å². The van der Waals surface area contributed by atoms with E-state index in [-0.39, 0.29) is 17.1 Å². The predicted octanol–water partition coefficient (Wildman–Crippen LogP) is 6.23. The van der Waals surface area contributed by atoms with Crippen LogP contribution in [0.5, 0.6) is 11.5 Å². The van der Waals surface area contributed by atoms with E-state index in [0.717, 1.165) is 87.3 Å². The van der Waals surface area contributed by atoms with Gasteiger partial charge in [0.25, 0.3) is 0 Å². The average Bonchev–Trinajstić information content (AvgIpc) is 2.66. The second kappa shape index (κ2) is 13.4. The van der Waals surface area contributed by atoms with Gasteiger partial charge in [-0.3, -0.25) is 0 Å². The topological polar surface area (TPSA) is 76.0 Å². The van der Waals surface area contributed by atoms with Gasteiger partial charge in [0.1, 0.15) is 5.56 Å². The van der Waals surface area contributed by atoms with Crippen molar-refractivity contribution in [1.82, 2.24) is 0 Å². The Balaban J connectivity index is 3.56. The Morgan fingerprint density at radius 3 is 1.68 bits per heavy atom. The Bertz CT molecular complexity index is 610. The van der Waals surface area contributed by atoms with Gasteiger partial charge in [0.05, 0.1) is 7.11 Å². The molecule has 0 aliphatic carbocycles. The van der Waals surface area contributed by atoms with Crippen LogP contribution < -0.4 is 4.89 Å². The van der Waals surface area contributed by atoms with Gasteiger partial charge in [-0.15, -0.1) is 0 Å². The third-order valence-electron chi connectivity index (χ3n) is 5.23. The predicted molar refractivity (Wildman–Crippen MR) is 112 cm³/mol. The molecule has 0 spiro atoms. The normalized spacial score (nSPS) is 11.0. The molecule has 2 N–H and O–H groups in total. The second-order valence-electron chi connectivity index (χ2n) is 7.41. The molecule has 0 unspecified atom stereocenters. The van der Waals surface area contributed by atoms with Crippen LogP contribution in [0, 0.1) is 0 Å². The van der Waals surface area contributed by atoms with Crippen molar-refractivity contribution in [2.75, 3.05) is 7.11 Å². The third-order valence-corrected chi connectivity index (χ3v) is 5.23. The number of carboxylic acid groups (broad SMARTS) is 1. The highest BCUT2D eigenvalue weighted by Crippen LogP contribution is 2.42. The largest absolute Gasteiger partial charge is 0.504 e. The third kappa shape index (κ3) is 6.69. The smallest absolute Gasteiger partial charge is 0.339 e. The molecule has 28 heavy (non-hydrogen) atoms. The first kappa shape index (κ1) is 24.3. The zero-order valence-corrected chi connectivity index (χ0v) is 18.1. The van der Waals surface area contributed by atoms with Crippen LogP contribution in [0.4, 0.5) is 0 Å². The molecule has 160 valence electrons. The van der Waals surface area contributed by atoms with Crippen molar-refractivity contribution >= 4 is 5.97 Å². The van der Waals surface area contributed by atoms with Gasteiger partial charge in [-0.05, 0) is 49.7 Å². The molecular weight excluding hydrogens is 356 g/mol. The Hall–Kier alpha value is -1.75. The lowest BCUT2D eigenvalue weighted by molar-refractivity contribution is -0.179. The van der Waals surface area contributed by atoms with E-state index in [9.17, 15) is 15.0 Å².